The molecule has 2 N–H and O–H groups in total. The molecule has 1 amide bonds. The Morgan fingerprint density at radius 3 is 2.66 bits per heavy atom. The molecular formula is C24H20ClFN4O4S. The highest BCUT2D eigenvalue weighted by Gasteiger charge is 2.29. The van der Waals surface area contributed by atoms with Crippen LogP contribution in [0.4, 0.5) is 4.39 Å². The predicted octanol–water partition coefficient (Wildman–Crippen LogP) is 3.29. The maximum absolute atomic E-state index is 13.6. The summed E-state index contributed by atoms with van der Waals surface area (Å²) in [5.74, 6) is -0.819. The third kappa shape index (κ3) is 4.64. The van der Waals surface area contributed by atoms with E-state index in [0.29, 0.717) is 50.5 Å². The number of benzene rings is 2. The molecule has 0 unspecified atom stereocenters. The van der Waals surface area contributed by atoms with Crippen molar-refractivity contribution in [3.8, 4) is 16.9 Å². The number of aliphatic hydroxyl groups is 1. The van der Waals surface area contributed by atoms with Crippen LogP contribution in [0.5, 0.6) is 0 Å². The zero-order valence-corrected chi connectivity index (χ0v) is 19.9. The number of nitrogens with one attached hydrogen (secondary N) is 1. The number of hydrogen-bond acceptors (Lipinski definition) is 6. The van der Waals surface area contributed by atoms with Gasteiger partial charge in [-0.1, -0.05) is 11.6 Å². The molecule has 8 nitrogen and oxygen atoms in total. The zero-order valence-electron chi connectivity index (χ0n) is 18.3. The maximum Gasteiger partial charge on any atom is 0.251 e. The number of carbonyl (C=O) groups excluding carboxylic acids is 1. The topological polar surface area (TPSA) is 114 Å². The zero-order chi connectivity index (χ0) is 24.7. The van der Waals surface area contributed by atoms with Gasteiger partial charge in [-0.2, -0.15) is 5.10 Å². The van der Waals surface area contributed by atoms with Crippen LogP contribution in [-0.2, 0) is 16.4 Å². The van der Waals surface area contributed by atoms with Gasteiger partial charge in [0.1, 0.15) is 11.5 Å². The van der Waals surface area contributed by atoms with Gasteiger partial charge in [0.2, 0.25) is 0 Å². The minimum atomic E-state index is -3.14. The average molecular weight is 515 g/mol. The first-order valence-electron chi connectivity index (χ1n) is 10.8. The molecule has 0 radical (unpaired) electrons. The summed E-state index contributed by atoms with van der Waals surface area (Å²) in [7, 11) is -3.14. The number of halogens is 2. The lowest BCUT2D eigenvalue weighted by atomic mass is 10.1. The van der Waals surface area contributed by atoms with Crippen molar-refractivity contribution in [1.82, 2.24) is 20.1 Å². The van der Waals surface area contributed by atoms with Gasteiger partial charge < -0.3 is 10.4 Å². The van der Waals surface area contributed by atoms with Crippen LogP contribution in [0, 0.1) is 5.82 Å². The first-order chi connectivity index (χ1) is 16.7. The number of fused-ring (bicyclic) bond motifs is 1. The monoisotopic (exact) mass is 514 g/mol. The lowest BCUT2D eigenvalue weighted by Gasteiger charge is -2.11. The van der Waals surface area contributed by atoms with Gasteiger partial charge in [0.15, 0.2) is 9.84 Å². The van der Waals surface area contributed by atoms with Gasteiger partial charge in [-0.15, -0.1) is 0 Å². The molecule has 3 heterocycles. The van der Waals surface area contributed by atoms with E-state index in [1.54, 1.807) is 41.1 Å². The lowest BCUT2D eigenvalue weighted by Crippen LogP contribution is -2.35. The Labute approximate surface area is 205 Å². The van der Waals surface area contributed by atoms with Crippen LogP contribution in [0.15, 0.2) is 54.7 Å². The Bertz CT molecular complexity index is 1550. The van der Waals surface area contributed by atoms with Crippen LogP contribution >= 0.6 is 11.6 Å². The van der Waals surface area contributed by atoms with Gasteiger partial charge in [0.25, 0.3) is 5.91 Å². The molecule has 0 aliphatic carbocycles. The largest absolute Gasteiger partial charge is 0.390 e. The van der Waals surface area contributed by atoms with E-state index in [-0.39, 0.29) is 18.1 Å². The molecule has 35 heavy (non-hydrogen) atoms. The van der Waals surface area contributed by atoms with Crippen molar-refractivity contribution in [3.05, 3.63) is 76.8 Å². The SMILES string of the molecule is O=C(N[C@@H]1CCS(=O)(=O)C1)c1ccc2c(-c3cc(CO)ncc3Cl)nn(-c3ccc(F)cc3)c2c1. The molecule has 0 spiro atoms. The molecule has 2 aromatic heterocycles. The second-order valence-corrected chi connectivity index (χ2v) is 11.0. The average Bonchev–Trinajstić information content (AvgIpc) is 3.39. The van der Waals surface area contributed by atoms with Crippen molar-refractivity contribution in [1.29, 1.82) is 0 Å². The Balaban J connectivity index is 1.62. The number of carbonyl (C=O) groups is 1. The first kappa shape index (κ1) is 23.4. The van der Waals surface area contributed by atoms with Crippen molar-refractivity contribution in [3.63, 3.8) is 0 Å². The second-order valence-electron chi connectivity index (χ2n) is 8.36. The fourth-order valence-electron chi connectivity index (χ4n) is 4.16. The molecular weight excluding hydrogens is 495 g/mol. The normalized spacial score (nSPS) is 17.1. The standard InChI is InChI=1S/C24H20ClFN4O4S/c25-21-11-27-17(12-31)10-20(21)23-19-6-1-14(24(32)28-16-7-8-35(33,34)13-16)9-22(19)30(29-23)18-4-2-15(26)3-5-18/h1-6,9-11,16,31H,7-8,12-13H2,(H,28,32)/t16-/m1/s1. The maximum atomic E-state index is 13.6. The van der Waals surface area contributed by atoms with E-state index >= 15 is 0 Å². The van der Waals surface area contributed by atoms with E-state index in [0.717, 1.165) is 0 Å². The number of rotatable bonds is 5. The predicted molar refractivity (Wildman–Crippen MR) is 130 cm³/mol. The summed E-state index contributed by atoms with van der Waals surface area (Å²) in [4.78, 5) is 17.0. The van der Waals surface area contributed by atoms with Crippen LogP contribution in [-0.4, -0.2) is 51.7 Å². The summed E-state index contributed by atoms with van der Waals surface area (Å²) in [6.45, 7) is -0.276. The summed E-state index contributed by atoms with van der Waals surface area (Å²) in [6.07, 6.45) is 1.81. The number of nitrogens with zero attached hydrogens (tertiary/aromatic N) is 3. The highest BCUT2D eigenvalue weighted by molar-refractivity contribution is 7.91. The van der Waals surface area contributed by atoms with Gasteiger partial charge >= 0.3 is 0 Å². The van der Waals surface area contributed by atoms with Gasteiger partial charge in [0.05, 0.1) is 40.0 Å². The van der Waals surface area contributed by atoms with Crippen molar-refractivity contribution in [2.75, 3.05) is 11.5 Å². The van der Waals surface area contributed by atoms with E-state index in [1.807, 2.05) is 0 Å². The number of pyridine rings is 1. The van der Waals surface area contributed by atoms with Gasteiger partial charge in [-0.25, -0.2) is 17.5 Å². The van der Waals surface area contributed by atoms with Crippen molar-refractivity contribution in [2.45, 2.75) is 19.1 Å². The Kier molecular flexibility index (Phi) is 6.04. The van der Waals surface area contributed by atoms with Crippen molar-refractivity contribution >= 4 is 38.2 Å². The van der Waals surface area contributed by atoms with E-state index in [4.69, 9.17) is 16.7 Å². The molecule has 4 aromatic rings. The minimum absolute atomic E-state index is 0.0558. The Morgan fingerprint density at radius 1 is 1.20 bits per heavy atom. The molecule has 180 valence electrons. The summed E-state index contributed by atoms with van der Waals surface area (Å²) in [5.41, 5.74) is 2.92. The number of aromatic nitrogens is 3. The van der Waals surface area contributed by atoms with Crippen LogP contribution < -0.4 is 5.32 Å². The summed E-state index contributed by atoms with van der Waals surface area (Å²) >= 11 is 6.41. The second kappa shape index (κ2) is 9.03. The molecule has 2 aromatic carbocycles. The fourth-order valence-corrected chi connectivity index (χ4v) is 6.03. The highest BCUT2D eigenvalue weighted by Crippen LogP contribution is 2.35. The smallest absolute Gasteiger partial charge is 0.251 e. The lowest BCUT2D eigenvalue weighted by molar-refractivity contribution is 0.0941. The van der Waals surface area contributed by atoms with E-state index in [9.17, 15) is 22.7 Å². The Hall–Kier alpha value is -3.34. The van der Waals surface area contributed by atoms with Gasteiger partial charge in [-0.3, -0.25) is 9.78 Å². The number of hydrogen-bond donors (Lipinski definition) is 2. The van der Waals surface area contributed by atoms with Crippen LogP contribution in [0.25, 0.3) is 27.8 Å². The molecule has 11 heteroatoms. The molecule has 1 atom stereocenters. The number of aliphatic hydroxyl groups excluding tert-OH is 1. The molecule has 1 aliphatic heterocycles. The van der Waals surface area contributed by atoms with E-state index in [2.05, 4.69) is 10.3 Å². The molecule has 1 fully saturated rings. The van der Waals surface area contributed by atoms with Crippen LogP contribution in [0.1, 0.15) is 22.5 Å². The quantitative estimate of drug-likeness (QED) is 0.422. The molecule has 5 rings (SSSR count). The third-order valence-electron chi connectivity index (χ3n) is 5.91. The number of amides is 1. The highest BCUT2D eigenvalue weighted by atomic mass is 35.5. The van der Waals surface area contributed by atoms with Crippen LogP contribution in [0.2, 0.25) is 5.02 Å². The molecule has 1 saturated heterocycles. The van der Waals surface area contributed by atoms with E-state index in [1.165, 1.54) is 18.3 Å². The summed E-state index contributed by atoms with van der Waals surface area (Å²) < 4.78 is 38.6. The van der Waals surface area contributed by atoms with Gasteiger partial charge in [-0.05, 0) is 55.0 Å². The fraction of sp³-hybridized carbons (Fsp3) is 0.208. The first-order valence-corrected chi connectivity index (χ1v) is 13.0. The van der Waals surface area contributed by atoms with Gasteiger partial charge in [0, 0.05) is 28.8 Å². The van der Waals surface area contributed by atoms with Crippen molar-refractivity contribution in [2.24, 2.45) is 0 Å². The number of sulfone groups is 1. The molecule has 1 aliphatic rings. The molecule has 0 bridgehead atoms. The van der Waals surface area contributed by atoms with Crippen molar-refractivity contribution < 1.29 is 22.7 Å². The van der Waals surface area contributed by atoms with Crippen LogP contribution in [0.3, 0.4) is 0 Å². The summed E-state index contributed by atoms with van der Waals surface area (Å²) in [6, 6.07) is 12.0. The summed E-state index contributed by atoms with van der Waals surface area (Å²) in [5, 5.41) is 18.0. The Morgan fingerprint density at radius 2 is 1.97 bits per heavy atom. The minimum Gasteiger partial charge on any atom is -0.390 e. The molecule has 0 saturated carbocycles. The third-order valence-corrected chi connectivity index (χ3v) is 7.98. The van der Waals surface area contributed by atoms with E-state index < -0.39 is 27.6 Å².